The maximum Gasteiger partial charge on any atom is 0.0943 e. The molecule has 1 aromatic rings. The first-order valence-electron chi connectivity index (χ1n) is 1.81. The Morgan fingerprint density at radius 1 is 1.50 bits per heavy atom. The van der Waals surface area contributed by atoms with Gasteiger partial charge in [0, 0.05) is 55.7 Å². The Balaban J connectivity index is 0. The van der Waals surface area contributed by atoms with Crippen LogP contribution in [-0.2, 0) is 43.3 Å². The van der Waals surface area contributed by atoms with Gasteiger partial charge >= 0.3 is 0 Å². The molecule has 0 aliphatic heterocycles. The Kier molecular flexibility index (Phi) is 7.65. The van der Waals surface area contributed by atoms with Crippen LogP contribution in [0, 0.1) is 0 Å². The zero-order chi connectivity index (χ0) is 4.41. The third-order valence-corrected chi connectivity index (χ3v) is 0.637. The number of aromatic nitrogens is 2. The summed E-state index contributed by atoms with van der Waals surface area (Å²) in [6.07, 6.45) is 5.39. The molecule has 0 atom stereocenters. The Labute approximate surface area is 71.6 Å². The maximum atomic E-state index is 3.78. The second-order valence-corrected chi connectivity index (χ2v) is 1.23. The van der Waals surface area contributed by atoms with Gasteiger partial charge in [0.2, 0.25) is 0 Å². The first-order valence-corrected chi connectivity index (χ1v) is 1.81. The van der Waals surface area contributed by atoms with Crippen LogP contribution >= 0.6 is 0 Å². The van der Waals surface area contributed by atoms with Crippen molar-refractivity contribution < 1.29 is 36.3 Å². The Hall–Kier alpha value is 0.340. The predicted molar refractivity (Wildman–Crippen MR) is 23.2 cm³/mol. The van der Waals surface area contributed by atoms with Crippen LogP contribution in [0.1, 0.15) is 0 Å². The molecule has 1 heterocycles. The number of nitrogens with zero attached hydrogens (tertiary/aromatic N) is 2. The van der Waals surface area contributed by atoms with Crippen LogP contribution < -0.4 is 0 Å². The van der Waals surface area contributed by atoms with E-state index in [2.05, 4.69) is 4.98 Å². The van der Waals surface area contributed by atoms with Crippen molar-refractivity contribution in [2.75, 3.05) is 0 Å². The summed E-state index contributed by atoms with van der Waals surface area (Å²) >= 11 is 0. The van der Waals surface area contributed by atoms with Gasteiger partial charge in [-0.05, 0) is 0 Å². The van der Waals surface area contributed by atoms with E-state index in [1.807, 2.05) is 17.8 Å². The van der Waals surface area contributed by atoms with E-state index >= 15 is 0 Å². The second kappa shape index (κ2) is 5.48. The van der Waals surface area contributed by atoms with Crippen LogP contribution in [0.15, 0.2) is 18.7 Å². The van der Waals surface area contributed by atoms with Crippen LogP contribution in [-0.4, -0.2) is 9.55 Å². The summed E-state index contributed by atoms with van der Waals surface area (Å²) in [6, 6.07) is 0. The van der Waals surface area contributed by atoms with Crippen molar-refractivity contribution in [3.05, 3.63) is 18.7 Å². The van der Waals surface area contributed by atoms with E-state index in [1.54, 1.807) is 12.5 Å². The van der Waals surface area contributed by atoms with Crippen LogP contribution in [0.2, 0.25) is 0 Å². The molecule has 0 fully saturated rings. The fourth-order valence-electron chi connectivity index (χ4n) is 0.326. The van der Waals surface area contributed by atoms with Crippen LogP contribution in [0.3, 0.4) is 0 Å². The molecule has 4 heteroatoms. The van der Waals surface area contributed by atoms with Gasteiger partial charge in [-0.15, -0.1) is 0 Å². The molecule has 1 rings (SSSR count). The molecule has 0 aliphatic rings. The minimum atomic E-state index is 0. The van der Waals surface area contributed by atoms with Gasteiger partial charge in [-0.3, -0.25) is 0 Å². The van der Waals surface area contributed by atoms with Gasteiger partial charge < -0.3 is 4.57 Å². The fourth-order valence-corrected chi connectivity index (χ4v) is 0.326. The number of rotatable bonds is 0. The van der Waals surface area contributed by atoms with E-state index in [4.69, 9.17) is 0 Å². The van der Waals surface area contributed by atoms with E-state index < -0.39 is 0 Å². The molecule has 0 unspecified atom stereocenters. The first-order chi connectivity index (χ1) is 2.89. The fraction of sp³-hybridized carbons (Fsp3) is 0.250. The third kappa shape index (κ3) is 3.36. The van der Waals surface area contributed by atoms with E-state index in [-0.39, 0.29) is 36.3 Å². The first kappa shape index (κ1) is 11.2. The second-order valence-electron chi connectivity index (χ2n) is 1.23. The molecular weight excluding hydrogens is 200 g/mol. The third-order valence-electron chi connectivity index (χ3n) is 0.637. The average molecular weight is 206 g/mol. The topological polar surface area (TPSA) is 17.8 Å². The maximum absolute atomic E-state index is 3.78. The van der Waals surface area contributed by atoms with Crippen molar-refractivity contribution in [2.45, 2.75) is 0 Å². The van der Waals surface area contributed by atoms with Crippen molar-refractivity contribution in [3.63, 3.8) is 0 Å². The molecule has 0 saturated carbocycles. The SMILES string of the molecule is Cn1ccnc1.[Co].[Zn]. The van der Waals surface area contributed by atoms with Crippen molar-refractivity contribution in [1.29, 1.82) is 0 Å². The van der Waals surface area contributed by atoms with Crippen LogP contribution in [0.5, 0.6) is 0 Å². The van der Waals surface area contributed by atoms with E-state index in [9.17, 15) is 0 Å². The largest absolute Gasteiger partial charge is 0.341 e. The summed E-state index contributed by atoms with van der Waals surface area (Å²) in [5.41, 5.74) is 0. The number of hydrogen-bond donors (Lipinski definition) is 0. The summed E-state index contributed by atoms with van der Waals surface area (Å²) < 4.78 is 1.89. The zero-order valence-corrected chi connectivity index (χ0v) is 8.68. The molecule has 0 amide bonds. The number of hydrogen-bond acceptors (Lipinski definition) is 1. The molecule has 1 aromatic heterocycles. The summed E-state index contributed by atoms with van der Waals surface area (Å²) in [6.45, 7) is 0. The standard InChI is InChI=1S/C4H6N2.Co.Zn/c1-6-3-2-5-4-6;;/h2-4H,1H3;;. The van der Waals surface area contributed by atoms with Gasteiger partial charge in [0.1, 0.15) is 0 Å². The van der Waals surface area contributed by atoms with Gasteiger partial charge in [0.15, 0.2) is 0 Å². The van der Waals surface area contributed by atoms with Gasteiger partial charge in [-0.2, -0.15) is 0 Å². The van der Waals surface area contributed by atoms with Crippen LogP contribution in [0.25, 0.3) is 0 Å². The van der Waals surface area contributed by atoms with Crippen molar-refractivity contribution in [1.82, 2.24) is 9.55 Å². The molecule has 0 aliphatic carbocycles. The molecule has 0 bridgehead atoms. The quantitative estimate of drug-likeness (QED) is 0.563. The summed E-state index contributed by atoms with van der Waals surface area (Å²) in [4.78, 5) is 3.78. The molecule has 2 nitrogen and oxygen atoms in total. The molecule has 43 valence electrons. The zero-order valence-electron chi connectivity index (χ0n) is 4.67. The van der Waals surface area contributed by atoms with Crippen LogP contribution in [0.4, 0.5) is 0 Å². The number of imidazole rings is 1. The van der Waals surface area contributed by atoms with E-state index in [1.165, 1.54) is 0 Å². The molecule has 0 N–H and O–H groups in total. The predicted octanol–water partition coefficient (Wildman–Crippen LogP) is 0.415. The monoisotopic (exact) mass is 205 g/mol. The molecule has 0 saturated heterocycles. The Morgan fingerprint density at radius 3 is 2.25 bits per heavy atom. The van der Waals surface area contributed by atoms with E-state index in [0.29, 0.717) is 0 Å². The van der Waals surface area contributed by atoms with Crippen molar-refractivity contribution in [2.24, 2.45) is 7.05 Å². The molecular formula is C4H6CoN2Zn. The van der Waals surface area contributed by atoms with E-state index in [0.717, 1.165) is 0 Å². The molecule has 0 aromatic carbocycles. The van der Waals surface area contributed by atoms with Gasteiger partial charge in [-0.25, -0.2) is 4.98 Å². The molecule has 0 spiro atoms. The summed E-state index contributed by atoms with van der Waals surface area (Å²) in [5.74, 6) is 0. The Bertz CT molecular complexity index is 118. The van der Waals surface area contributed by atoms with Crippen molar-refractivity contribution in [3.8, 4) is 0 Å². The number of aryl methyl sites for hydroxylation is 1. The minimum Gasteiger partial charge on any atom is -0.341 e. The molecule has 8 heavy (non-hydrogen) atoms. The molecule has 1 radical (unpaired) electrons. The van der Waals surface area contributed by atoms with Gasteiger partial charge in [-0.1, -0.05) is 0 Å². The van der Waals surface area contributed by atoms with Gasteiger partial charge in [0.25, 0.3) is 0 Å². The Morgan fingerprint density at radius 2 is 2.12 bits per heavy atom. The minimum absolute atomic E-state index is 0. The normalized spacial score (nSPS) is 6.62. The summed E-state index contributed by atoms with van der Waals surface area (Å²) in [7, 11) is 1.94. The average Bonchev–Trinajstić information content (AvgIpc) is 1.86. The van der Waals surface area contributed by atoms with Crippen molar-refractivity contribution >= 4 is 0 Å². The smallest absolute Gasteiger partial charge is 0.0943 e. The summed E-state index contributed by atoms with van der Waals surface area (Å²) in [5, 5.41) is 0. The van der Waals surface area contributed by atoms with Gasteiger partial charge in [0.05, 0.1) is 6.33 Å².